The zero-order chi connectivity index (χ0) is 13.6. The summed E-state index contributed by atoms with van der Waals surface area (Å²) in [5.41, 5.74) is 5.89. The molecule has 3 nitrogen and oxygen atoms in total. The van der Waals surface area contributed by atoms with E-state index in [4.69, 9.17) is 5.73 Å². The van der Waals surface area contributed by atoms with Gasteiger partial charge < -0.3 is 5.73 Å². The Morgan fingerprint density at radius 3 is 2.28 bits per heavy atom. The summed E-state index contributed by atoms with van der Waals surface area (Å²) in [6.07, 6.45) is 1.35. The standard InChI is InChI=1S/C13H18FNO2S/c1-13(2)8-7-11(12(13)15)18(16,17)10-5-3-9(14)4-6-10/h3-6,11-12H,7-8,15H2,1-2H3. The minimum atomic E-state index is -3.47. The molecule has 1 aliphatic rings. The normalized spacial score (nSPS) is 27.3. The molecule has 0 bridgehead atoms. The third-order valence-corrected chi connectivity index (χ3v) is 6.17. The molecule has 2 N–H and O–H groups in total. The summed E-state index contributed by atoms with van der Waals surface area (Å²) in [4.78, 5) is 0.155. The molecule has 1 aromatic rings. The molecule has 0 aromatic heterocycles. The van der Waals surface area contributed by atoms with Crippen LogP contribution in [0.2, 0.25) is 0 Å². The van der Waals surface area contributed by atoms with Gasteiger partial charge in [-0.15, -0.1) is 0 Å². The molecule has 2 rings (SSSR count). The Hall–Kier alpha value is -0.940. The molecular formula is C13H18FNO2S. The van der Waals surface area contributed by atoms with Crippen molar-refractivity contribution in [2.24, 2.45) is 11.1 Å². The van der Waals surface area contributed by atoms with E-state index in [-0.39, 0.29) is 16.4 Å². The third-order valence-electron chi connectivity index (χ3n) is 3.92. The summed E-state index contributed by atoms with van der Waals surface area (Å²) in [7, 11) is -3.47. The smallest absolute Gasteiger partial charge is 0.182 e. The van der Waals surface area contributed by atoms with Crippen molar-refractivity contribution in [2.45, 2.75) is 42.9 Å². The number of benzene rings is 1. The van der Waals surface area contributed by atoms with E-state index >= 15 is 0 Å². The molecule has 18 heavy (non-hydrogen) atoms. The van der Waals surface area contributed by atoms with E-state index in [1.807, 2.05) is 13.8 Å². The topological polar surface area (TPSA) is 60.2 Å². The fourth-order valence-corrected chi connectivity index (χ4v) is 4.56. The van der Waals surface area contributed by atoms with Crippen LogP contribution >= 0.6 is 0 Å². The van der Waals surface area contributed by atoms with Gasteiger partial charge in [-0.3, -0.25) is 0 Å². The fourth-order valence-electron chi connectivity index (χ4n) is 2.51. The molecular weight excluding hydrogens is 253 g/mol. The summed E-state index contributed by atoms with van der Waals surface area (Å²) >= 11 is 0. The quantitative estimate of drug-likeness (QED) is 0.838. The van der Waals surface area contributed by atoms with E-state index in [1.165, 1.54) is 24.3 Å². The van der Waals surface area contributed by atoms with Crippen molar-refractivity contribution >= 4 is 9.84 Å². The summed E-state index contributed by atoms with van der Waals surface area (Å²) in [6, 6.07) is 4.56. The van der Waals surface area contributed by atoms with Crippen LogP contribution < -0.4 is 5.73 Å². The van der Waals surface area contributed by atoms with Crippen molar-refractivity contribution in [3.8, 4) is 0 Å². The molecule has 0 heterocycles. The Kier molecular flexibility index (Phi) is 3.23. The first-order chi connectivity index (χ1) is 8.25. The van der Waals surface area contributed by atoms with E-state index in [0.29, 0.717) is 6.42 Å². The SMILES string of the molecule is CC1(C)CCC(S(=O)(=O)c2ccc(F)cc2)C1N. The maximum Gasteiger partial charge on any atom is 0.182 e. The molecule has 1 aromatic carbocycles. The average Bonchev–Trinajstić information content (AvgIpc) is 2.55. The highest BCUT2D eigenvalue weighted by Gasteiger charge is 2.46. The lowest BCUT2D eigenvalue weighted by atomic mass is 9.88. The van der Waals surface area contributed by atoms with Gasteiger partial charge in [0.2, 0.25) is 0 Å². The highest BCUT2D eigenvalue weighted by atomic mass is 32.2. The minimum Gasteiger partial charge on any atom is -0.326 e. The van der Waals surface area contributed by atoms with Gasteiger partial charge in [0.1, 0.15) is 5.82 Å². The largest absolute Gasteiger partial charge is 0.326 e. The van der Waals surface area contributed by atoms with Gasteiger partial charge in [-0.1, -0.05) is 13.8 Å². The minimum absolute atomic E-state index is 0.155. The molecule has 0 spiro atoms. The van der Waals surface area contributed by atoms with Gasteiger partial charge in [-0.2, -0.15) is 0 Å². The van der Waals surface area contributed by atoms with Crippen LogP contribution in [0.4, 0.5) is 4.39 Å². The molecule has 1 aliphatic carbocycles. The van der Waals surface area contributed by atoms with Crippen LogP contribution in [0.15, 0.2) is 29.2 Å². The summed E-state index contributed by atoms with van der Waals surface area (Å²) in [6.45, 7) is 3.97. The number of sulfone groups is 1. The van der Waals surface area contributed by atoms with Crippen molar-refractivity contribution in [1.29, 1.82) is 0 Å². The van der Waals surface area contributed by atoms with Crippen LogP contribution in [0.1, 0.15) is 26.7 Å². The maximum absolute atomic E-state index is 12.8. The van der Waals surface area contributed by atoms with E-state index in [9.17, 15) is 12.8 Å². The fraction of sp³-hybridized carbons (Fsp3) is 0.538. The van der Waals surface area contributed by atoms with Crippen LogP contribution in [0, 0.1) is 11.2 Å². The lowest BCUT2D eigenvalue weighted by Gasteiger charge is -2.26. The van der Waals surface area contributed by atoms with Gasteiger partial charge in [-0.25, -0.2) is 12.8 Å². The molecule has 0 amide bonds. The monoisotopic (exact) mass is 271 g/mol. The predicted molar refractivity (Wildman–Crippen MR) is 68.4 cm³/mol. The van der Waals surface area contributed by atoms with Crippen LogP contribution in [-0.4, -0.2) is 19.7 Å². The summed E-state index contributed by atoms with van der Waals surface area (Å²) < 4.78 is 37.7. The highest BCUT2D eigenvalue weighted by Crippen LogP contribution is 2.41. The van der Waals surface area contributed by atoms with E-state index in [2.05, 4.69) is 0 Å². The van der Waals surface area contributed by atoms with Crippen LogP contribution in [0.3, 0.4) is 0 Å². The van der Waals surface area contributed by atoms with Crippen molar-refractivity contribution in [1.82, 2.24) is 0 Å². The molecule has 5 heteroatoms. The summed E-state index contributed by atoms with van der Waals surface area (Å²) in [5, 5.41) is -0.571. The van der Waals surface area contributed by atoms with Gasteiger partial charge in [0.15, 0.2) is 9.84 Å². The number of halogens is 1. The number of rotatable bonds is 2. The molecule has 2 unspecified atom stereocenters. The Labute approximate surface area is 107 Å². The van der Waals surface area contributed by atoms with Crippen molar-refractivity contribution in [3.05, 3.63) is 30.1 Å². The molecule has 1 saturated carbocycles. The van der Waals surface area contributed by atoms with Gasteiger partial charge >= 0.3 is 0 Å². The molecule has 0 radical (unpaired) electrons. The number of nitrogens with two attached hydrogens (primary N) is 1. The molecule has 1 fully saturated rings. The molecule has 100 valence electrons. The predicted octanol–water partition coefficient (Wildman–Crippen LogP) is 2.12. The van der Waals surface area contributed by atoms with Crippen LogP contribution in [0.5, 0.6) is 0 Å². The Balaban J connectivity index is 2.36. The van der Waals surface area contributed by atoms with Crippen molar-refractivity contribution in [3.63, 3.8) is 0 Å². The van der Waals surface area contributed by atoms with Crippen LogP contribution in [0.25, 0.3) is 0 Å². The van der Waals surface area contributed by atoms with Crippen LogP contribution in [-0.2, 0) is 9.84 Å². The zero-order valence-corrected chi connectivity index (χ0v) is 11.4. The zero-order valence-electron chi connectivity index (χ0n) is 10.6. The van der Waals surface area contributed by atoms with E-state index in [0.717, 1.165) is 6.42 Å². The first kappa shape index (κ1) is 13.5. The first-order valence-corrected chi connectivity index (χ1v) is 7.55. The Bertz CT molecular complexity index is 537. The molecule has 0 saturated heterocycles. The second kappa shape index (κ2) is 4.31. The lowest BCUT2D eigenvalue weighted by molar-refractivity contribution is 0.332. The number of hydrogen-bond donors (Lipinski definition) is 1. The molecule has 0 aliphatic heterocycles. The van der Waals surface area contributed by atoms with Crippen molar-refractivity contribution in [2.75, 3.05) is 0 Å². The third kappa shape index (κ3) is 2.17. The Morgan fingerprint density at radius 2 is 1.83 bits per heavy atom. The second-order valence-corrected chi connectivity index (χ2v) is 7.76. The highest BCUT2D eigenvalue weighted by molar-refractivity contribution is 7.92. The van der Waals surface area contributed by atoms with E-state index < -0.39 is 20.9 Å². The van der Waals surface area contributed by atoms with Gasteiger partial charge in [0.05, 0.1) is 10.1 Å². The van der Waals surface area contributed by atoms with Gasteiger partial charge in [-0.05, 0) is 42.5 Å². The van der Waals surface area contributed by atoms with Gasteiger partial charge in [0.25, 0.3) is 0 Å². The molecule has 2 atom stereocenters. The first-order valence-electron chi connectivity index (χ1n) is 6.00. The maximum atomic E-state index is 12.8. The average molecular weight is 271 g/mol. The lowest BCUT2D eigenvalue weighted by Crippen LogP contribution is -2.43. The second-order valence-electron chi connectivity index (χ2n) is 5.59. The Morgan fingerprint density at radius 1 is 1.28 bits per heavy atom. The van der Waals surface area contributed by atoms with Gasteiger partial charge in [0, 0.05) is 6.04 Å². The van der Waals surface area contributed by atoms with E-state index in [1.54, 1.807) is 0 Å². The number of hydrogen-bond acceptors (Lipinski definition) is 3. The summed E-state index contributed by atoms with van der Waals surface area (Å²) in [5.74, 6) is -0.440. The van der Waals surface area contributed by atoms with Crippen molar-refractivity contribution < 1.29 is 12.8 Å².